The normalized spacial score (nSPS) is 21.6. The molecule has 1 aliphatic rings. The van der Waals surface area contributed by atoms with E-state index in [1.54, 1.807) is 6.26 Å². The van der Waals surface area contributed by atoms with Crippen molar-refractivity contribution in [2.24, 2.45) is 0 Å². The van der Waals surface area contributed by atoms with Crippen molar-refractivity contribution in [3.8, 4) is 0 Å². The molecule has 3 aromatic rings. The Labute approximate surface area is 136 Å². The SMILES string of the molecule is c1ccc2c(COC3CNCCC3c3ccoc3)cccc2c1. The van der Waals surface area contributed by atoms with Crippen LogP contribution >= 0.6 is 0 Å². The summed E-state index contributed by atoms with van der Waals surface area (Å²) in [6.07, 6.45) is 4.86. The summed E-state index contributed by atoms with van der Waals surface area (Å²) in [5.41, 5.74) is 2.49. The van der Waals surface area contributed by atoms with Crippen molar-refractivity contribution in [1.29, 1.82) is 0 Å². The van der Waals surface area contributed by atoms with Gasteiger partial charge in [-0.3, -0.25) is 0 Å². The Morgan fingerprint density at radius 1 is 1.09 bits per heavy atom. The van der Waals surface area contributed by atoms with Gasteiger partial charge < -0.3 is 14.5 Å². The summed E-state index contributed by atoms with van der Waals surface area (Å²) in [7, 11) is 0. The highest BCUT2D eigenvalue weighted by atomic mass is 16.5. The molecule has 4 rings (SSSR count). The molecule has 0 radical (unpaired) electrons. The maximum atomic E-state index is 6.31. The Kier molecular flexibility index (Phi) is 4.14. The van der Waals surface area contributed by atoms with E-state index in [1.807, 2.05) is 6.26 Å². The highest BCUT2D eigenvalue weighted by Gasteiger charge is 2.27. The maximum Gasteiger partial charge on any atom is 0.0938 e. The fourth-order valence-electron chi connectivity index (χ4n) is 3.49. The Bertz CT molecular complexity index is 761. The highest BCUT2D eigenvalue weighted by molar-refractivity contribution is 5.85. The minimum absolute atomic E-state index is 0.181. The Morgan fingerprint density at radius 3 is 2.91 bits per heavy atom. The molecule has 0 saturated carbocycles. The molecule has 2 aromatic carbocycles. The van der Waals surface area contributed by atoms with Gasteiger partial charge in [-0.25, -0.2) is 0 Å². The van der Waals surface area contributed by atoms with Crippen molar-refractivity contribution >= 4 is 10.8 Å². The number of furan rings is 1. The second-order valence-corrected chi connectivity index (χ2v) is 6.14. The lowest BCUT2D eigenvalue weighted by molar-refractivity contribution is 0.0110. The number of nitrogens with one attached hydrogen (secondary N) is 1. The zero-order valence-corrected chi connectivity index (χ0v) is 13.1. The monoisotopic (exact) mass is 307 g/mol. The van der Waals surface area contributed by atoms with Gasteiger partial charge in [0.2, 0.25) is 0 Å². The second kappa shape index (κ2) is 6.57. The number of rotatable bonds is 4. The molecule has 2 unspecified atom stereocenters. The van der Waals surface area contributed by atoms with Crippen molar-refractivity contribution in [1.82, 2.24) is 5.32 Å². The molecule has 0 amide bonds. The summed E-state index contributed by atoms with van der Waals surface area (Å²) in [6, 6.07) is 16.9. The number of hydrogen-bond donors (Lipinski definition) is 1. The van der Waals surface area contributed by atoms with Gasteiger partial charge >= 0.3 is 0 Å². The summed E-state index contributed by atoms with van der Waals surface area (Å²) in [5, 5.41) is 5.99. The van der Waals surface area contributed by atoms with Crippen LogP contribution in [0.3, 0.4) is 0 Å². The summed E-state index contributed by atoms with van der Waals surface area (Å²) in [5.74, 6) is 0.407. The number of ether oxygens (including phenoxy) is 1. The van der Waals surface area contributed by atoms with E-state index in [2.05, 4.69) is 53.8 Å². The van der Waals surface area contributed by atoms with Gasteiger partial charge in [0.1, 0.15) is 0 Å². The fraction of sp³-hybridized carbons (Fsp3) is 0.300. The van der Waals surface area contributed by atoms with E-state index in [-0.39, 0.29) is 6.10 Å². The van der Waals surface area contributed by atoms with Gasteiger partial charge in [0.25, 0.3) is 0 Å². The van der Waals surface area contributed by atoms with Gasteiger partial charge in [0.05, 0.1) is 25.2 Å². The molecule has 2 atom stereocenters. The molecule has 2 heterocycles. The highest BCUT2D eigenvalue weighted by Crippen LogP contribution is 2.29. The molecule has 3 nitrogen and oxygen atoms in total. The third-order valence-electron chi connectivity index (χ3n) is 4.73. The Hall–Kier alpha value is -2.10. The second-order valence-electron chi connectivity index (χ2n) is 6.14. The van der Waals surface area contributed by atoms with Crippen LogP contribution in [0.15, 0.2) is 65.5 Å². The van der Waals surface area contributed by atoms with Crippen molar-refractivity contribution in [2.45, 2.75) is 25.0 Å². The summed E-state index contributed by atoms with van der Waals surface area (Å²) in [4.78, 5) is 0. The van der Waals surface area contributed by atoms with E-state index in [4.69, 9.17) is 9.15 Å². The van der Waals surface area contributed by atoms with Crippen LogP contribution in [0.1, 0.15) is 23.5 Å². The minimum atomic E-state index is 0.181. The number of piperidine rings is 1. The van der Waals surface area contributed by atoms with Crippen molar-refractivity contribution < 1.29 is 9.15 Å². The van der Waals surface area contributed by atoms with Crippen LogP contribution in [0.4, 0.5) is 0 Å². The van der Waals surface area contributed by atoms with Crippen molar-refractivity contribution in [2.75, 3.05) is 13.1 Å². The quantitative estimate of drug-likeness (QED) is 0.788. The largest absolute Gasteiger partial charge is 0.472 e. The molecule has 0 aliphatic carbocycles. The molecule has 1 N–H and O–H groups in total. The van der Waals surface area contributed by atoms with Gasteiger partial charge in [-0.15, -0.1) is 0 Å². The van der Waals surface area contributed by atoms with Crippen LogP contribution in [0, 0.1) is 0 Å². The van der Waals surface area contributed by atoms with Gasteiger partial charge in [0, 0.05) is 12.5 Å². The molecular weight excluding hydrogens is 286 g/mol. The van der Waals surface area contributed by atoms with E-state index in [9.17, 15) is 0 Å². The van der Waals surface area contributed by atoms with Crippen LogP contribution in [-0.2, 0) is 11.3 Å². The van der Waals surface area contributed by atoms with Gasteiger partial charge in [-0.1, -0.05) is 42.5 Å². The topological polar surface area (TPSA) is 34.4 Å². The van der Waals surface area contributed by atoms with Crippen LogP contribution in [0.25, 0.3) is 10.8 Å². The van der Waals surface area contributed by atoms with E-state index in [0.717, 1.165) is 19.5 Å². The first-order valence-electron chi connectivity index (χ1n) is 8.23. The van der Waals surface area contributed by atoms with Crippen LogP contribution < -0.4 is 5.32 Å². The molecule has 1 aromatic heterocycles. The van der Waals surface area contributed by atoms with E-state index in [0.29, 0.717) is 12.5 Å². The third-order valence-corrected chi connectivity index (χ3v) is 4.73. The Morgan fingerprint density at radius 2 is 2.00 bits per heavy atom. The van der Waals surface area contributed by atoms with Gasteiger partial charge in [-0.05, 0) is 40.9 Å². The predicted molar refractivity (Wildman–Crippen MR) is 91.5 cm³/mol. The molecule has 0 bridgehead atoms. The van der Waals surface area contributed by atoms with E-state index >= 15 is 0 Å². The van der Waals surface area contributed by atoms with Crippen molar-refractivity contribution in [3.63, 3.8) is 0 Å². The Balaban J connectivity index is 1.52. The number of fused-ring (bicyclic) bond motifs is 1. The molecule has 3 heteroatoms. The van der Waals surface area contributed by atoms with E-state index < -0.39 is 0 Å². The molecule has 0 spiro atoms. The first-order valence-corrected chi connectivity index (χ1v) is 8.23. The molecule has 1 saturated heterocycles. The molecule has 1 fully saturated rings. The fourth-order valence-corrected chi connectivity index (χ4v) is 3.49. The number of hydrogen-bond acceptors (Lipinski definition) is 3. The molecule has 23 heavy (non-hydrogen) atoms. The van der Waals surface area contributed by atoms with Gasteiger partial charge in [-0.2, -0.15) is 0 Å². The summed E-state index contributed by atoms with van der Waals surface area (Å²) < 4.78 is 11.6. The molecule has 1 aliphatic heterocycles. The van der Waals surface area contributed by atoms with Gasteiger partial charge in [0.15, 0.2) is 0 Å². The zero-order valence-electron chi connectivity index (χ0n) is 13.1. The average molecular weight is 307 g/mol. The lowest BCUT2D eigenvalue weighted by Gasteiger charge is -2.31. The zero-order chi connectivity index (χ0) is 15.5. The van der Waals surface area contributed by atoms with Crippen LogP contribution in [-0.4, -0.2) is 19.2 Å². The minimum Gasteiger partial charge on any atom is -0.472 e. The summed E-state index contributed by atoms with van der Waals surface area (Å²) >= 11 is 0. The maximum absolute atomic E-state index is 6.31. The lowest BCUT2D eigenvalue weighted by atomic mass is 9.89. The first-order chi connectivity index (χ1) is 11.4. The van der Waals surface area contributed by atoms with Crippen LogP contribution in [0.2, 0.25) is 0 Å². The number of benzene rings is 2. The molecular formula is C20H21NO2. The predicted octanol–water partition coefficient (Wildman–Crippen LogP) is 4.10. The lowest BCUT2D eigenvalue weighted by Crippen LogP contribution is -2.40. The molecule has 118 valence electrons. The van der Waals surface area contributed by atoms with Crippen molar-refractivity contribution in [3.05, 3.63) is 72.2 Å². The average Bonchev–Trinajstić information content (AvgIpc) is 3.14. The smallest absolute Gasteiger partial charge is 0.0938 e. The standard InChI is InChI=1S/C20H21NO2/c1-2-7-18-15(4-1)5-3-6-16(18)14-23-20-12-21-10-8-19(20)17-9-11-22-13-17/h1-7,9,11,13,19-21H,8,10,12,14H2. The van der Waals surface area contributed by atoms with Crippen LogP contribution in [0.5, 0.6) is 0 Å². The first kappa shape index (κ1) is 14.5. The van der Waals surface area contributed by atoms with E-state index in [1.165, 1.54) is 21.9 Å². The summed E-state index contributed by atoms with van der Waals surface area (Å²) in [6.45, 7) is 2.56. The third kappa shape index (κ3) is 3.03.